The van der Waals surface area contributed by atoms with E-state index >= 15 is 0 Å². The minimum absolute atomic E-state index is 0.227. The van der Waals surface area contributed by atoms with E-state index in [-0.39, 0.29) is 5.91 Å². The molecule has 0 aromatic carbocycles. The third-order valence-electron chi connectivity index (χ3n) is 1.91. The molecule has 13 heavy (non-hydrogen) atoms. The lowest BCUT2D eigenvalue weighted by Gasteiger charge is -2.05. The Morgan fingerprint density at radius 2 is 2.23 bits per heavy atom. The molecule has 0 aliphatic carbocycles. The van der Waals surface area contributed by atoms with E-state index in [4.69, 9.17) is 5.73 Å². The van der Waals surface area contributed by atoms with Crippen molar-refractivity contribution in [1.82, 2.24) is 10.2 Å². The van der Waals surface area contributed by atoms with Crippen LogP contribution in [0.4, 0.5) is 5.82 Å². The first-order valence-corrected chi connectivity index (χ1v) is 4.10. The molecule has 72 valence electrons. The Bertz CT molecular complexity index is 316. The quantitative estimate of drug-likeness (QED) is 0.615. The highest BCUT2D eigenvalue weighted by Crippen LogP contribution is 2.13. The molecule has 4 N–H and O–H groups in total. The van der Waals surface area contributed by atoms with Crippen molar-refractivity contribution in [3.63, 3.8) is 0 Å². The van der Waals surface area contributed by atoms with Crippen LogP contribution in [0.2, 0.25) is 0 Å². The second kappa shape index (κ2) is 3.57. The molecule has 0 radical (unpaired) electrons. The highest BCUT2D eigenvalue weighted by molar-refractivity contribution is 5.94. The van der Waals surface area contributed by atoms with Gasteiger partial charge < -0.3 is 11.1 Å². The van der Waals surface area contributed by atoms with Gasteiger partial charge in [-0.2, -0.15) is 5.10 Å². The van der Waals surface area contributed by atoms with E-state index in [9.17, 15) is 4.79 Å². The molecule has 0 aliphatic rings. The number of H-pyrrole nitrogens is 1. The van der Waals surface area contributed by atoms with Crippen molar-refractivity contribution in [2.24, 2.45) is 5.73 Å². The number of hydrogen-bond donors (Lipinski definition) is 3. The maximum Gasteiger partial charge on any atom is 0.242 e. The number of carbonyl (C=O) groups is 1. The number of anilines is 1. The summed E-state index contributed by atoms with van der Waals surface area (Å²) in [4.78, 5) is 11.2. The Morgan fingerprint density at radius 3 is 2.62 bits per heavy atom. The molecule has 0 spiro atoms. The van der Waals surface area contributed by atoms with E-state index in [1.54, 1.807) is 6.92 Å². The number of rotatable bonds is 2. The van der Waals surface area contributed by atoms with E-state index in [1.807, 2.05) is 13.8 Å². The Morgan fingerprint density at radius 1 is 1.62 bits per heavy atom. The van der Waals surface area contributed by atoms with Gasteiger partial charge in [-0.1, -0.05) is 0 Å². The highest BCUT2D eigenvalue weighted by Gasteiger charge is 2.11. The van der Waals surface area contributed by atoms with E-state index in [1.165, 1.54) is 0 Å². The summed E-state index contributed by atoms with van der Waals surface area (Å²) in [5.74, 6) is 0.328. The first-order chi connectivity index (χ1) is 6.02. The number of aromatic nitrogens is 2. The van der Waals surface area contributed by atoms with Crippen LogP contribution in [0.1, 0.15) is 18.2 Å². The first-order valence-electron chi connectivity index (χ1n) is 4.10. The van der Waals surface area contributed by atoms with Crippen molar-refractivity contribution >= 4 is 11.7 Å². The molecule has 0 aliphatic heterocycles. The molecular weight excluding hydrogens is 168 g/mol. The SMILES string of the molecule is Cc1[nH]nc(NC(=O)[C@@H](C)N)c1C. The summed E-state index contributed by atoms with van der Waals surface area (Å²) in [5, 5.41) is 9.33. The molecule has 0 fully saturated rings. The minimum Gasteiger partial charge on any atom is -0.320 e. The van der Waals surface area contributed by atoms with Crippen LogP contribution in [0.25, 0.3) is 0 Å². The number of amides is 1. The number of aromatic amines is 1. The summed E-state index contributed by atoms with van der Waals surface area (Å²) in [6.07, 6.45) is 0. The van der Waals surface area contributed by atoms with E-state index < -0.39 is 6.04 Å². The van der Waals surface area contributed by atoms with Gasteiger partial charge in [0.2, 0.25) is 5.91 Å². The van der Waals surface area contributed by atoms with Crippen molar-refractivity contribution in [3.05, 3.63) is 11.3 Å². The molecule has 5 nitrogen and oxygen atoms in total. The standard InChI is InChI=1S/C8H14N4O/c1-4-6(3)11-12-7(4)10-8(13)5(2)9/h5H,9H2,1-3H3,(H2,10,11,12,13)/t5-/m1/s1. The van der Waals surface area contributed by atoms with Gasteiger partial charge in [0.15, 0.2) is 5.82 Å². The third-order valence-corrected chi connectivity index (χ3v) is 1.91. The minimum atomic E-state index is -0.517. The van der Waals surface area contributed by atoms with Crippen LogP contribution >= 0.6 is 0 Å². The smallest absolute Gasteiger partial charge is 0.242 e. The number of nitrogens with one attached hydrogen (secondary N) is 2. The van der Waals surface area contributed by atoms with E-state index in [0.717, 1.165) is 11.3 Å². The number of hydrogen-bond acceptors (Lipinski definition) is 3. The maximum absolute atomic E-state index is 11.2. The molecular formula is C8H14N4O. The molecule has 0 bridgehead atoms. The summed E-state index contributed by atoms with van der Waals surface area (Å²) in [5.41, 5.74) is 7.27. The Hall–Kier alpha value is -1.36. The van der Waals surface area contributed by atoms with Crippen molar-refractivity contribution in [3.8, 4) is 0 Å². The lowest BCUT2D eigenvalue weighted by molar-refractivity contribution is -0.117. The monoisotopic (exact) mass is 182 g/mol. The van der Waals surface area contributed by atoms with Gasteiger partial charge in [0.25, 0.3) is 0 Å². The summed E-state index contributed by atoms with van der Waals surface area (Å²) in [6, 6.07) is -0.517. The Balaban J connectivity index is 2.75. The molecule has 1 heterocycles. The van der Waals surface area contributed by atoms with Gasteiger partial charge in [0, 0.05) is 11.3 Å². The predicted molar refractivity (Wildman–Crippen MR) is 50.3 cm³/mol. The highest BCUT2D eigenvalue weighted by atomic mass is 16.2. The number of aryl methyl sites for hydroxylation is 1. The zero-order valence-electron chi connectivity index (χ0n) is 8.01. The van der Waals surface area contributed by atoms with Gasteiger partial charge in [0.1, 0.15) is 0 Å². The Kier molecular flexibility index (Phi) is 2.67. The summed E-state index contributed by atoms with van der Waals surface area (Å²) in [7, 11) is 0. The zero-order valence-corrected chi connectivity index (χ0v) is 8.01. The lowest BCUT2D eigenvalue weighted by atomic mass is 10.2. The van der Waals surface area contributed by atoms with Crippen LogP contribution < -0.4 is 11.1 Å². The van der Waals surface area contributed by atoms with Gasteiger partial charge in [-0.05, 0) is 20.8 Å². The number of nitrogens with two attached hydrogens (primary N) is 1. The first kappa shape index (κ1) is 9.73. The molecule has 1 rings (SSSR count). The van der Waals surface area contributed by atoms with Crippen molar-refractivity contribution in [2.75, 3.05) is 5.32 Å². The van der Waals surface area contributed by atoms with E-state index in [0.29, 0.717) is 5.82 Å². The van der Waals surface area contributed by atoms with Crippen LogP contribution in [0.3, 0.4) is 0 Å². The van der Waals surface area contributed by atoms with Crippen LogP contribution in [-0.4, -0.2) is 22.1 Å². The third kappa shape index (κ3) is 2.06. The normalized spacial score (nSPS) is 12.6. The fourth-order valence-corrected chi connectivity index (χ4v) is 0.837. The van der Waals surface area contributed by atoms with Crippen LogP contribution in [-0.2, 0) is 4.79 Å². The average Bonchev–Trinajstić information content (AvgIpc) is 2.36. The number of nitrogens with zero attached hydrogens (tertiary/aromatic N) is 1. The van der Waals surface area contributed by atoms with Gasteiger partial charge >= 0.3 is 0 Å². The maximum atomic E-state index is 11.2. The Labute approximate surface area is 76.7 Å². The molecule has 0 saturated carbocycles. The molecule has 5 heteroatoms. The van der Waals surface area contributed by atoms with Gasteiger partial charge in [-0.3, -0.25) is 9.89 Å². The van der Waals surface area contributed by atoms with Gasteiger partial charge in [-0.25, -0.2) is 0 Å². The second-order valence-electron chi connectivity index (χ2n) is 3.10. The van der Waals surface area contributed by atoms with Gasteiger partial charge in [-0.15, -0.1) is 0 Å². The van der Waals surface area contributed by atoms with Crippen LogP contribution in [0, 0.1) is 13.8 Å². The fraction of sp³-hybridized carbons (Fsp3) is 0.500. The number of carbonyl (C=O) groups excluding carboxylic acids is 1. The fourth-order valence-electron chi connectivity index (χ4n) is 0.837. The molecule has 0 unspecified atom stereocenters. The molecule has 1 amide bonds. The average molecular weight is 182 g/mol. The van der Waals surface area contributed by atoms with Crippen LogP contribution in [0.5, 0.6) is 0 Å². The summed E-state index contributed by atoms with van der Waals surface area (Å²) >= 11 is 0. The van der Waals surface area contributed by atoms with Crippen molar-refractivity contribution < 1.29 is 4.79 Å². The molecule has 1 aromatic heterocycles. The topological polar surface area (TPSA) is 83.8 Å². The van der Waals surface area contributed by atoms with Crippen molar-refractivity contribution in [1.29, 1.82) is 0 Å². The zero-order chi connectivity index (χ0) is 10.0. The van der Waals surface area contributed by atoms with Gasteiger partial charge in [0.05, 0.1) is 6.04 Å². The molecule has 1 atom stereocenters. The second-order valence-corrected chi connectivity index (χ2v) is 3.10. The molecule has 1 aromatic rings. The molecule has 0 saturated heterocycles. The van der Waals surface area contributed by atoms with Crippen molar-refractivity contribution in [2.45, 2.75) is 26.8 Å². The predicted octanol–water partition coefficient (Wildman–Crippen LogP) is 0.312. The van der Waals surface area contributed by atoms with Crippen LogP contribution in [0.15, 0.2) is 0 Å². The van der Waals surface area contributed by atoms with E-state index in [2.05, 4.69) is 15.5 Å². The lowest BCUT2D eigenvalue weighted by Crippen LogP contribution is -2.32. The summed E-state index contributed by atoms with van der Waals surface area (Å²) < 4.78 is 0. The summed E-state index contributed by atoms with van der Waals surface area (Å²) in [6.45, 7) is 5.41. The largest absolute Gasteiger partial charge is 0.320 e.